The first kappa shape index (κ1) is 15.0. The maximum Gasteiger partial charge on any atom is 0.216 e. The van der Waals surface area contributed by atoms with E-state index in [-0.39, 0.29) is 12.3 Å². The predicted molar refractivity (Wildman–Crippen MR) is 77.3 cm³/mol. The Labute approximate surface area is 122 Å². The number of nitrogens with one attached hydrogen (secondary N) is 1. The van der Waals surface area contributed by atoms with Crippen molar-refractivity contribution >= 4 is 21.6 Å². The van der Waals surface area contributed by atoms with Crippen molar-refractivity contribution in [3.8, 4) is 0 Å². The summed E-state index contributed by atoms with van der Waals surface area (Å²) < 4.78 is 39.0. The zero-order valence-electron chi connectivity index (χ0n) is 10.5. The minimum atomic E-state index is -3.47. The van der Waals surface area contributed by atoms with Gasteiger partial charge in [0.25, 0.3) is 0 Å². The van der Waals surface area contributed by atoms with Gasteiger partial charge in [0.05, 0.1) is 5.75 Å². The van der Waals surface area contributed by atoms with Crippen LogP contribution in [0.15, 0.2) is 48.5 Å². The van der Waals surface area contributed by atoms with Crippen molar-refractivity contribution in [2.75, 3.05) is 0 Å². The highest BCUT2D eigenvalue weighted by molar-refractivity contribution is 7.88. The summed E-state index contributed by atoms with van der Waals surface area (Å²) in [7, 11) is -3.47. The topological polar surface area (TPSA) is 46.2 Å². The van der Waals surface area contributed by atoms with Crippen molar-refractivity contribution in [2.45, 2.75) is 12.3 Å². The zero-order chi connectivity index (χ0) is 14.6. The Morgan fingerprint density at radius 2 is 1.75 bits per heavy atom. The van der Waals surface area contributed by atoms with Crippen molar-refractivity contribution in [2.24, 2.45) is 0 Å². The van der Waals surface area contributed by atoms with Gasteiger partial charge in [0, 0.05) is 11.6 Å². The molecule has 0 aromatic heterocycles. The Morgan fingerprint density at radius 3 is 2.40 bits per heavy atom. The number of rotatable bonds is 5. The van der Waals surface area contributed by atoms with Crippen molar-refractivity contribution in [3.05, 3.63) is 70.5 Å². The van der Waals surface area contributed by atoms with E-state index >= 15 is 0 Å². The molecule has 0 radical (unpaired) electrons. The fraction of sp³-hybridized carbons (Fsp3) is 0.143. The van der Waals surface area contributed by atoms with Gasteiger partial charge >= 0.3 is 0 Å². The molecule has 0 spiro atoms. The van der Waals surface area contributed by atoms with E-state index < -0.39 is 15.8 Å². The minimum Gasteiger partial charge on any atom is -0.212 e. The first-order valence-electron chi connectivity index (χ1n) is 5.91. The maximum absolute atomic E-state index is 12.7. The molecule has 20 heavy (non-hydrogen) atoms. The summed E-state index contributed by atoms with van der Waals surface area (Å²) in [5.41, 5.74) is 1.31. The lowest BCUT2D eigenvalue weighted by Crippen LogP contribution is -2.24. The van der Waals surface area contributed by atoms with Crippen LogP contribution in [0.25, 0.3) is 0 Å². The standard InChI is InChI=1S/C14H13ClFNO2S/c15-13-3-1-2-12(8-13)9-17-20(18,19)10-11-4-6-14(16)7-5-11/h1-8,17H,9-10H2. The molecule has 2 rings (SSSR count). The van der Waals surface area contributed by atoms with Crippen LogP contribution in [0.2, 0.25) is 5.02 Å². The summed E-state index contributed by atoms with van der Waals surface area (Å²) in [6.45, 7) is 0.171. The van der Waals surface area contributed by atoms with Crippen LogP contribution in [0.5, 0.6) is 0 Å². The molecule has 0 bridgehead atoms. The van der Waals surface area contributed by atoms with Gasteiger partial charge in [-0.15, -0.1) is 0 Å². The second-order valence-corrected chi connectivity index (χ2v) is 6.58. The second kappa shape index (κ2) is 6.35. The summed E-state index contributed by atoms with van der Waals surface area (Å²) in [5.74, 6) is -0.577. The molecule has 0 fully saturated rings. The van der Waals surface area contributed by atoms with Gasteiger partial charge < -0.3 is 0 Å². The van der Waals surface area contributed by atoms with E-state index in [0.717, 1.165) is 5.56 Å². The van der Waals surface area contributed by atoms with Gasteiger partial charge in [-0.1, -0.05) is 35.9 Å². The molecule has 6 heteroatoms. The predicted octanol–water partition coefficient (Wildman–Crippen LogP) is 3.10. The SMILES string of the molecule is O=S(=O)(Cc1ccc(F)cc1)NCc1cccc(Cl)c1. The molecule has 0 saturated heterocycles. The molecule has 2 aromatic carbocycles. The molecule has 1 N–H and O–H groups in total. The molecule has 0 unspecified atom stereocenters. The average Bonchev–Trinajstić information content (AvgIpc) is 2.39. The lowest BCUT2D eigenvalue weighted by atomic mass is 10.2. The average molecular weight is 314 g/mol. The third-order valence-corrected chi connectivity index (χ3v) is 4.19. The Balaban J connectivity index is 1.99. The molecule has 0 saturated carbocycles. The third-order valence-electron chi connectivity index (χ3n) is 2.66. The van der Waals surface area contributed by atoms with Crippen molar-refractivity contribution in [1.82, 2.24) is 4.72 Å². The summed E-state index contributed by atoms with van der Waals surface area (Å²) in [6.07, 6.45) is 0. The molecular weight excluding hydrogens is 301 g/mol. The molecule has 0 atom stereocenters. The fourth-order valence-corrected chi connectivity index (χ4v) is 3.02. The van der Waals surface area contributed by atoms with E-state index in [1.165, 1.54) is 24.3 Å². The quantitative estimate of drug-likeness (QED) is 0.922. The maximum atomic E-state index is 12.7. The molecule has 0 heterocycles. The van der Waals surface area contributed by atoms with Crippen LogP contribution in [0.4, 0.5) is 4.39 Å². The third kappa shape index (κ3) is 4.59. The van der Waals surface area contributed by atoms with Crippen molar-refractivity contribution in [3.63, 3.8) is 0 Å². The van der Waals surface area contributed by atoms with Crippen molar-refractivity contribution in [1.29, 1.82) is 0 Å². The van der Waals surface area contributed by atoms with Crippen LogP contribution in [-0.4, -0.2) is 8.42 Å². The van der Waals surface area contributed by atoms with Gasteiger partial charge in [-0.3, -0.25) is 0 Å². The van der Waals surface area contributed by atoms with Crippen LogP contribution in [0, 0.1) is 5.82 Å². The normalized spacial score (nSPS) is 11.5. The van der Waals surface area contributed by atoms with E-state index in [1.54, 1.807) is 24.3 Å². The first-order valence-corrected chi connectivity index (χ1v) is 7.94. The van der Waals surface area contributed by atoms with Crippen LogP contribution < -0.4 is 4.72 Å². The van der Waals surface area contributed by atoms with E-state index in [2.05, 4.69) is 4.72 Å². The van der Waals surface area contributed by atoms with Gasteiger partial charge in [0.2, 0.25) is 10.0 Å². The number of halogens is 2. The van der Waals surface area contributed by atoms with Gasteiger partial charge in [-0.2, -0.15) is 0 Å². The molecule has 106 valence electrons. The van der Waals surface area contributed by atoms with Crippen LogP contribution >= 0.6 is 11.6 Å². The highest BCUT2D eigenvalue weighted by Gasteiger charge is 2.11. The summed E-state index contributed by atoms with van der Waals surface area (Å²) in [5, 5.41) is 0.556. The Morgan fingerprint density at radius 1 is 1.05 bits per heavy atom. The van der Waals surface area contributed by atoms with Gasteiger partial charge in [0.1, 0.15) is 5.82 Å². The summed E-state index contributed by atoms with van der Waals surface area (Å²) in [4.78, 5) is 0. The molecule has 0 aliphatic heterocycles. The Kier molecular flexibility index (Phi) is 4.75. The monoisotopic (exact) mass is 313 g/mol. The smallest absolute Gasteiger partial charge is 0.212 e. The lowest BCUT2D eigenvalue weighted by molar-refractivity contribution is 0.580. The van der Waals surface area contributed by atoms with Crippen LogP contribution in [0.3, 0.4) is 0 Å². The summed E-state index contributed by atoms with van der Waals surface area (Å²) >= 11 is 5.83. The van der Waals surface area contributed by atoms with E-state index in [0.29, 0.717) is 10.6 Å². The molecular formula is C14H13ClFNO2S. The largest absolute Gasteiger partial charge is 0.216 e. The summed E-state index contributed by atoms with van der Waals surface area (Å²) in [6, 6.07) is 12.3. The Bertz CT molecular complexity index is 687. The highest BCUT2D eigenvalue weighted by atomic mass is 35.5. The molecule has 3 nitrogen and oxygen atoms in total. The van der Waals surface area contributed by atoms with E-state index in [4.69, 9.17) is 11.6 Å². The number of hydrogen-bond acceptors (Lipinski definition) is 2. The Hall–Kier alpha value is -1.43. The van der Waals surface area contributed by atoms with Crippen LogP contribution in [0.1, 0.15) is 11.1 Å². The molecule has 0 aliphatic carbocycles. The molecule has 2 aromatic rings. The van der Waals surface area contributed by atoms with Crippen LogP contribution in [-0.2, 0) is 22.3 Å². The zero-order valence-corrected chi connectivity index (χ0v) is 12.1. The number of sulfonamides is 1. The first-order chi connectivity index (χ1) is 9.44. The van der Waals surface area contributed by atoms with Gasteiger partial charge in [-0.25, -0.2) is 17.5 Å². The lowest BCUT2D eigenvalue weighted by Gasteiger charge is -2.07. The fourth-order valence-electron chi connectivity index (χ4n) is 1.69. The molecule has 0 aliphatic rings. The molecule has 0 amide bonds. The van der Waals surface area contributed by atoms with Gasteiger partial charge in [-0.05, 0) is 35.4 Å². The van der Waals surface area contributed by atoms with E-state index in [1.807, 2.05) is 0 Å². The van der Waals surface area contributed by atoms with Crippen molar-refractivity contribution < 1.29 is 12.8 Å². The van der Waals surface area contributed by atoms with E-state index in [9.17, 15) is 12.8 Å². The van der Waals surface area contributed by atoms with Gasteiger partial charge in [0.15, 0.2) is 0 Å². The highest BCUT2D eigenvalue weighted by Crippen LogP contribution is 2.11. The number of hydrogen-bond donors (Lipinski definition) is 1. The number of benzene rings is 2. The second-order valence-electron chi connectivity index (χ2n) is 4.34. The minimum absolute atomic E-state index is 0.171.